The highest BCUT2D eigenvalue weighted by molar-refractivity contribution is 7.84. The van der Waals surface area contributed by atoms with Gasteiger partial charge in [0.2, 0.25) is 0 Å². The summed E-state index contributed by atoms with van der Waals surface area (Å²) in [5.41, 5.74) is 7.50. The molecule has 3 nitrogen and oxygen atoms in total. The Hall–Kier alpha value is -1.36. The molecule has 5 heteroatoms. The van der Waals surface area contributed by atoms with E-state index in [9.17, 15) is 4.21 Å². The van der Waals surface area contributed by atoms with Crippen molar-refractivity contribution in [3.05, 3.63) is 64.7 Å². The molecule has 0 heterocycles. The summed E-state index contributed by atoms with van der Waals surface area (Å²) in [6.45, 7) is 0.826. The van der Waals surface area contributed by atoms with Gasteiger partial charge in [-0.2, -0.15) is 0 Å². The molecule has 0 aliphatic carbocycles. The summed E-state index contributed by atoms with van der Waals surface area (Å²) < 4.78 is 17.7. The zero-order valence-electron chi connectivity index (χ0n) is 11.6. The number of nitrogens with two attached hydrogens (primary N) is 1. The zero-order valence-corrected chi connectivity index (χ0v) is 13.2. The molecule has 1 atom stereocenters. The highest BCUT2D eigenvalue weighted by atomic mass is 35.5. The van der Waals surface area contributed by atoms with Crippen molar-refractivity contribution in [2.24, 2.45) is 5.73 Å². The summed E-state index contributed by atoms with van der Waals surface area (Å²) in [6.07, 6.45) is 0. The average Bonchev–Trinajstić information content (AvgIpc) is 2.50. The number of para-hydroxylation sites is 1. The molecule has 0 aliphatic heterocycles. The van der Waals surface area contributed by atoms with Crippen molar-refractivity contribution in [3.8, 4) is 5.75 Å². The van der Waals surface area contributed by atoms with Crippen LogP contribution < -0.4 is 10.5 Å². The van der Waals surface area contributed by atoms with Crippen molar-refractivity contribution >= 4 is 22.4 Å². The minimum Gasteiger partial charge on any atom is -0.492 e. The van der Waals surface area contributed by atoms with Crippen LogP contribution in [0.25, 0.3) is 0 Å². The highest BCUT2D eigenvalue weighted by Gasteiger charge is 2.06. The van der Waals surface area contributed by atoms with Crippen molar-refractivity contribution in [2.45, 2.75) is 12.3 Å². The molecule has 0 amide bonds. The first-order chi connectivity index (χ1) is 10.2. The van der Waals surface area contributed by atoms with Gasteiger partial charge in [-0.05, 0) is 17.7 Å². The molecule has 0 spiro atoms. The first kappa shape index (κ1) is 16.0. The van der Waals surface area contributed by atoms with Gasteiger partial charge in [0.25, 0.3) is 0 Å². The second-order valence-corrected chi connectivity index (χ2v) is 6.52. The van der Waals surface area contributed by atoms with Crippen LogP contribution in [0.2, 0.25) is 5.02 Å². The first-order valence-electron chi connectivity index (χ1n) is 6.70. The van der Waals surface area contributed by atoms with Gasteiger partial charge in [0.1, 0.15) is 5.75 Å². The van der Waals surface area contributed by atoms with E-state index in [2.05, 4.69) is 0 Å². The Morgan fingerprint density at radius 2 is 1.71 bits per heavy atom. The number of hydrogen-bond acceptors (Lipinski definition) is 3. The van der Waals surface area contributed by atoms with Gasteiger partial charge in [-0.25, -0.2) is 0 Å². The van der Waals surface area contributed by atoms with Gasteiger partial charge in [-0.1, -0.05) is 48.0 Å². The lowest BCUT2D eigenvalue weighted by atomic mass is 10.2. The fraction of sp³-hybridized carbons (Fsp3) is 0.250. The Morgan fingerprint density at radius 1 is 1.05 bits per heavy atom. The standard InChI is InChI=1S/C16H18ClNO2S/c17-15-7-3-1-6-14(15)12-21(19)10-9-20-16-8-4-2-5-13(16)11-18/h1-8H,9-12,18H2. The normalized spacial score (nSPS) is 12.1. The number of hydrogen-bond donors (Lipinski definition) is 1. The van der Waals surface area contributed by atoms with Crippen molar-refractivity contribution in [3.63, 3.8) is 0 Å². The number of ether oxygens (including phenoxy) is 1. The third-order valence-electron chi connectivity index (χ3n) is 3.04. The third kappa shape index (κ3) is 4.84. The Balaban J connectivity index is 1.83. The molecule has 0 fully saturated rings. The van der Waals surface area contributed by atoms with Crippen molar-refractivity contribution in [1.29, 1.82) is 0 Å². The van der Waals surface area contributed by atoms with Crippen LogP contribution in [0, 0.1) is 0 Å². The molecule has 112 valence electrons. The summed E-state index contributed by atoms with van der Waals surface area (Å²) in [7, 11) is -1.00. The predicted octanol–water partition coefficient (Wildman–Crippen LogP) is 3.13. The predicted molar refractivity (Wildman–Crippen MR) is 88.0 cm³/mol. The molecule has 0 aromatic heterocycles. The maximum absolute atomic E-state index is 12.1. The molecule has 2 rings (SSSR count). The molecule has 0 aliphatic rings. The number of halogens is 1. The molecule has 2 N–H and O–H groups in total. The molecule has 0 saturated carbocycles. The van der Waals surface area contributed by atoms with Crippen LogP contribution in [0.15, 0.2) is 48.5 Å². The van der Waals surface area contributed by atoms with E-state index >= 15 is 0 Å². The number of rotatable bonds is 7. The van der Waals surface area contributed by atoms with Gasteiger partial charge < -0.3 is 10.5 Å². The molecule has 2 aromatic rings. The minimum absolute atomic E-state index is 0.397. The Kier molecular flexibility index (Phi) is 6.23. The molecule has 21 heavy (non-hydrogen) atoms. The quantitative estimate of drug-likeness (QED) is 0.851. The second kappa shape index (κ2) is 8.17. The number of benzene rings is 2. The molecule has 2 aromatic carbocycles. The molecular weight excluding hydrogens is 306 g/mol. The molecule has 1 unspecified atom stereocenters. The van der Waals surface area contributed by atoms with Gasteiger partial charge in [-0.15, -0.1) is 0 Å². The maximum atomic E-state index is 12.1. The fourth-order valence-electron chi connectivity index (χ4n) is 1.92. The van der Waals surface area contributed by atoms with Gasteiger partial charge in [0.15, 0.2) is 0 Å². The zero-order chi connectivity index (χ0) is 15.1. The SMILES string of the molecule is NCc1ccccc1OCCS(=O)Cc1ccccc1Cl. The lowest BCUT2D eigenvalue weighted by Crippen LogP contribution is -2.11. The molecule has 0 radical (unpaired) electrons. The highest BCUT2D eigenvalue weighted by Crippen LogP contribution is 2.18. The maximum Gasteiger partial charge on any atom is 0.123 e. The van der Waals surface area contributed by atoms with Crippen LogP contribution in [-0.2, 0) is 23.1 Å². The van der Waals surface area contributed by atoms with Gasteiger partial charge in [-0.3, -0.25) is 4.21 Å². The minimum atomic E-state index is -1.00. The molecule has 0 bridgehead atoms. The van der Waals surface area contributed by atoms with E-state index in [1.807, 2.05) is 48.5 Å². The molecule has 0 saturated heterocycles. The van der Waals surface area contributed by atoms with Crippen LogP contribution in [0.1, 0.15) is 11.1 Å². The largest absolute Gasteiger partial charge is 0.492 e. The van der Waals surface area contributed by atoms with E-state index in [-0.39, 0.29) is 0 Å². The summed E-state index contributed by atoms with van der Waals surface area (Å²) >= 11 is 6.06. The van der Waals surface area contributed by atoms with E-state index in [0.29, 0.717) is 29.7 Å². The Labute approximate surface area is 132 Å². The Morgan fingerprint density at radius 3 is 2.43 bits per heavy atom. The van der Waals surface area contributed by atoms with E-state index < -0.39 is 10.8 Å². The topological polar surface area (TPSA) is 52.3 Å². The Bertz CT molecular complexity index is 619. The van der Waals surface area contributed by atoms with Crippen LogP contribution in [0.3, 0.4) is 0 Å². The van der Waals surface area contributed by atoms with Gasteiger partial charge in [0.05, 0.1) is 18.1 Å². The third-order valence-corrected chi connectivity index (χ3v) is 4.66. The summed E-state index contributed by atoms with van der Waals surface area (Å²) in [5, 5.41) is 0.653. The fourth-order valence-corrected chi connectivity index (χ4v) is 3.21. The van der Waals surface area contributed by atoms with Gasteiger partial charge >= 0.3 is 0 Å². The summed E-state index contributed by atoms with van der Waals surface area (Å²) in [4.78, 5) is 0. The van der Waals surface area contributed by atoms with Crippen LogP contribution in [-0.4, -0.2) is 16.6 Å². The monoisotopic (exact) mass is 323 g/mol. The van der Waals surface area contributed by atoms with Crippen molar-refractivity contribution < 1.29 is 8.95 Å². The average molecular weight is 324 g/mol. The van der Waals surface area contributed by atoms with Crippen molar-refractivity contribution in [2.75, 3.05) is 12.4 Å². The van der Waals surface area contributed by atoms with Crippen LogP contribution in [0.4, 0.5) is 0 Å². The van der Waals surface area contributed by atoms with E-state index in [1.54, 1.807) is 0 Å². The van der Waals surface area contributed by atoms with Crippen LogP contribution in [0.5, 0.6) is 5.75 Å². The van der Waals surface area contributed by atoms with E-state index in [4.69, 9.17) is 22.1 Å². The van der Waals surface area contributed by atoms with Crippen molar-refractivity contribution in [1.82, 2.24) is 0 Å². The smallest absolute Gasteiger partial charge is 0.123 e. The lowest BCUT2D eigenvalue weighted by Gasteiger charge is -2.10. The summed E-state index contributed by atoms with van der Waals surface area (Å²) in [6, 6.07) is 15.1. The van der Waals surface area contributed by atoms with E-state index in [0.717, 1.165) is 16.9 Å². The molecular formula is C16H18ClNO2S. The second-order valence-electron chi connectivity index (χ2n) is 4.54. The summed E-state index contributed by atoms with van der Waals surface area (Å²) in [5.74, 6) is 1.67. The van der Waals surface area contributed by atoms with E-state index in [1.165, 1.54) is 0 Å². The first-order valence-corrected chi connectivity index (χ1v) is 8.56. The van der Waals surface area contributed by atoms with Gasteiger partial charge in [0, 0.05) is 27.9 Å². The lowest BCUT2D eigenvalue weighted by molar-refractivity contribution is 0.339. The van der Waals surface area contributed by atoms with Crippen LogP contribution >= 0.6 is 11.6 Å².